The van der Waals surface area contributed by atoms with Gasteiger partial charge in [0, 0.05) is 30.4 Å². The number of rotatable bonds is 9. The van der Waals surface area contributed by atoms with Crippen molar-refractivity contribution < 1.29 is 18.2 Å². The molecule has 4 rings (SSSR count). The molecule has 0 fully saturated rings. The topological polar surface area (TPSA) is 110 Å². The van der Waals surface area contributed by atoms with Crippen LogP contribution in [-0.2, 0) is 24.4 Å². The average Bonchev–Trinajstić information content (AvgIpc) is 3.16. The van der Waals surface area contributed by atoms with Gasteiger partial charge in [-0.1, -0.05) is 30.3 Å². The standard InChI is InChI=1S/C24H27N5O4S/c1-15-11-22(25-13-17-5-7-18(8-6-17)14-26-34(30)31)29-24(27-15)23(16(2)28-29)19-9-10-20(32-3)21(12-19)33-4/h5-12,25-26H,13-14H2,1-4H3,(H,30,31). The van der Waals surface area contributed by atoms with E-state index < -0.39 is 11.3 Å². The number of benzene rings is 2. The fraction of sp³-hybridized carbons (Fsp3) is 0.250. The molecule has 0 aliphatic rings. The van der Waals surface area contributed by atoms with E-state index in [1.54, 1.807) is 14.2 Å². The predicted octanol–water partition coefficient (Wildman–Crippen LogP) is 3.87. The molecule has 0 bridgehead atoms. The Morgan fingerprint density at radius 1 is 0.971 bits per heavy atom. The molecule has 0 amide bonds. The monoisotopic (exact) mass is 481 g/mol. The van der Waals surface area contributed by atoms with Gasteiger partial charge in [0.1, 0.15) is 5.82 Å². The molecule has 9 nitrogen and oxygen atoms in total. The number of methoxy groups -OCH3 is 2. The maximum absolute atomic E-state index is 10.8. The van der Waals surface area contributed by atoms with E-state index in [0.717, 1.165) is 45.1 Å². The highest BCUT2D eigenvalue weighted by Gasteiger charge is 2.18. The Bertz CT molecular complexity index is 1340. The van der Waals surface area contributed by atoms with Gasteiger partial charge in [0.25, 0.3) is 0 Å². The van der Waals surface area contributed by atoms with Crippen molar-refractivity contribution in [3.63, 3.8) is 0 Å². The van der Waals surface area contributed by atoms with Gasteiger partial charge < -0.3 is 14.8 Å². The van der Waals surface area contributed by atoms with Crippen LogP contribution in [0.15, 0.2) is 48.5 Å². The quantitative estimate of drug-likeness (QED) is 0.311. The lowest BCUT2D eigenvalue weighted by Crippen LogP contribution is -2.15. The van der Waals surface area contributed by atoms with E-state index in [9.17, 15) is 4.21 Å². The largest absolute Gasteiger partial charge is 0.493 e. The zero-order valence-electron chi connectivity index (χ0n) is 19.5. The Hall–Kier alpha value is -3.47. The summed E-state index contributed by atoms with van der Waals surface area (Å²) in [7, 11) is 3.23. The Morgan fingerprint density at radius 2 is 1.65 bits per heavy atom. The van der Waals surface area contributed by atoms with E-state index in [0.29, 0.717) is 24.6 Å². The van der Waals surface area contributed by atoms with E-state index in [1.807, 2.05) is 66.9 Å². The summed E-state index contributed by atoms with van der Waals surface area (Å²) in [5, 5.41) is 8.21. The number of fused-ring (bicyclic) bond motifs is 1. The van der Waals surface area contributed by atoms with Crippen LogP contribution in [0.3, 0.4) is 0 Å². The van der Waals surface area contributed by atoms with Gasteiger partial charge in [-0.15, -0.1) is 0 Å². The van der Waals surface area contributed by atoms with Crippen LogP contribution in [0.25, 0.3) is 16.8 Å². The normalized spacial score (nSPS) is 12.0. The third kappa shape index (κ3) is 5.04. The number of anilines is 1. The molecule has 4 aromatic rings. The smallest absolute Gasteiger partial charge is 0.232 e. The van der Waals surface area contributed by atoms with Gasteiger partial charge in [-0.05, 0) is 42.7 Å². The first-order valence-electron chi connectivity index (χ1n) is 10.6. The second-order valence-electron chi connectivity index (χ2n) is 7.79. The minimum atomic E-state index is -2.02. The molecule has 0 saturated carbocycles. The summed E-state index contributed by atoms with van der Waals surface area (Å²) in [6.45, 7) is 4.83. The molecule has 10 heteroatoms. The number of hydrogen-bond acceptors (Lipinski definition) is 6. The predicted molar refractivity (Wildman–Crippen MR) is 132 cm³/mol. The Labute approximate surface area is 200 Å². The van der Waals surface area contributed by atoms with Gasteiger partial charge in [0.15, 0.2) is 17.1 Å². The maximum atomic E-state index is 10.8. The molecule has 0 spiro atoms. The number of aryl methyl sites for hydroxylation is 2. The van der Waals surface area contributed by atoms with Crippen molar-refractivity contribution in [3.05, 3.63) is 71.0 Å². The van der Waals surface area contributed by atoms with Gasteiger partial charge >= 0.3 is 0 Å². The van der Waals surface area contributed by atoms with Crippen molar-refractivity contribution in [3.8, 4) is 22.6 Å². The highest BCUT2D eigenvalue weighted by atomic mass is 32.2. The van der Waals surface area contributed by atoms with E-state index in [1.165, 1.54) is 0 Å². The first-order chi connectivity index (χ1) is 16.4. The summed E-state index contributed by atoms with van der Waals surface area (Å²) in [6.07, 6.45) is 0. The van der Waals surface area contributed by atoms with Gasteiger partial charge in [-0.3, -0.25) is 4.55 Å². The van der Waals surface area contributed by atoms with Gasteiger partial charge in [-0.25, -0.2) is 13.9 Å². The van der Waals surface area contributed by atoms with E-state index in [-0.39, 0.29) is 0 Å². The third-order valence-electron chi connectivity index (χ3n) is 5.46. The minimum Gasteiger partial charge on any atom is -0.493 e. The average molecular weight is 482 g/mol. The van der Waals surface area contributed by atoms with Crippen molar-refractivity contribution in [2.45, 2.75) is 26.9 Å². The SMILES string of the molecule is COc1ccc(-c2c(C)nn3c(NCc4ccc(CNS(=O)O)cc4)cc(C)nc23)cc1OC. The number of nitrogens with zero attached hydrogens (tertiary/aromatic N) is 3. The van der Waals surface area contributed by atoms with Crippen molar-refractivity contribution in [1.82, 2.24) is 19.3 Å². The first-order valence-corrected chi connectivity index (χ1v) is 11.8. The molecule has 1 unspecified atom stereocenters. The molecule has 1 atom stereocenters. The Balaban J connectivity index is 1.62. The van der Waals surface area contributed by atoms with Crippen molar-refractivity contribution in [2.75, 3.05) is 19.5 Å². The summed E-state index contributed by atoms with van der Waals surface area (Å²) >= 11 is -2.02. The minimum absolute atomic E-state index is 0.326. The molecule has 2 aromatic heterocycles. The molecular weight excluding hydrogens is 454 g/mol. The molecule has 0 aliphatic carbocycles. The van der Waals surface area contributed by atoms with Crippen LogP contribution in [0.4, 0.5) is 5.82 Å². The first kappa shape index (κ1) is 23.7. The zero-order chi connectivity index (χ0) is 24.2. The summed E-state index contributed by atoms with van der Waals surface area (Å²) in [6, 6.07) is 15.6. The van der Waals surface area contributed by atoms with E-state index in [4.69, 9.17) is 24.1 Å². The molecule has 3 N–H and O–H groups in total. The fourth-order valence-corrected chi connectivity index (χ4v) is 4.10. The lowest BCUT2D eigenvalue weighted by atomic mass is 10.1. The van der Waals surface area contributed by atoms with Crippen LogP contribution >= 0.6 is 0 Å². The van der Waals surface area contributed by atoms with E-state index in [2.05, 4.69) is 10.0 Å². The molecular formula is C24H27N5O4S. The fourth-order valence-electron chi connectivity index (χ4n) is 3.81. The zero-order valence-corrected chi connectivity index (χ0v) is 20.3. The lowest BCUT2D eigenvalue weighted by Gasteiger charge is -2.11. The van der Waals surface area contributed by atoms with E-state index >= 15 is 0 Å². The molecule has 2 heterocycles. The number of hydrogen-bond donors (Lipinski definition) is 3. The molecule has 178 valence electrons. The van der Waals surface area contributed by atoms with Crippen LogP contribution in [0.1, 0.15) is 22.5 Å². The third-order valence-corrected chi connectivity index (χ3v) is 5.85. The molecule has 0 radical (unpaired) electrons. The molecule has 34 heavy (non-hydrogen) atoms. The second kappa shape index (κ2) is 10.2. The van der Waals surface area contributed by atoms with Crippen molar-refractivity contribution in [1.29, 1.82) is 0 Å². The van der Waals surface area contributed by atoms with Gasteiger partial charge in [-0.2, -0.15) is 9.61 Å². The molecule has 0 saturated heterocycles. The van der Waals surface area contributed by atoms with Crippen LogP contribution in [0.2, 0.25) is 0 Å². The van der Waals surface area contributed by atoms with Crippen LogP contribution in [0.5, 0.6) is 11.5 Å². The van der Waals surface area contributed by atoms with Gasteiger partial charge in [0.2, 0.25) is 11.3 Å². The summed E-state index contributed by atoms with van der Waals surface area (Å²) < 4.78 is 34.8. The van der Waals surface area contributed by atoms with Crippen molar-refractivity contribution >= 4 is 22.7 Å². The number of aromatic nitrogens is 3. The number of nitrogens with one attached hydrogen (secondary N) is 2. The summed E-state index contributed by atoms with van der Waals surface area (Å²) in [5.41, 5.74) is 6.36. The number of ether oxygens (including phenoxy) is 2. The Kier molecular flexibility index (Phi) is 7.11. The molecule has 2 aromatic carbocycles. The van der Waals surface area contributed by atoms with Crippen LogP contribution in [-0.4, -0.2) is 37.6 Å². The van der Waals surface area contributed by atoms with Gasteiger partial charge in [0.05, 0.1) is 19.9 Å². The molecule has 0 aliphatic heterocycles. The lowest BCUT2D eigenvalue weighted by molar-refractivity contribution is 0.355. The Morgan fingerprint density at radius 3 is 2.29 bits per heavy atom. The maximum Gasteiger partial charge on any atom is 0.232 e. The second-order valence-corrected chi connectivity index (χ2v) is 8.58. The summed E-state index contributed by atoms with van der Waals surface area (Å²) in [5.74, 6) is 2.14. The van der Waals surface area contributed by atoms with Crippen molar-refractivity contribution in [2.24, 2.45) is 0 Å². The van der Waals surface area contributed by atoms with Crippen LogP contribution < -0.4 is 19.5 Å². The highest BCUT2D eigenvalue weighted by Crippen LogP contribution is 2.35. The highest BCUT2D eigenvalue weighted by molar-refractivity contribution is 7.77. The summed E-state index contributed by atoms with van der Waals surface area (Å²) in [4.78, 5) is 4.77. The van der Waals surface area contributed by atoms with Crippen LogP contribution in [0, 0.1) is 13.8 Å².